The minimum atomic E-state index is -0.579. The van der Waals surface area contributed by atoms with Gasteiger partial charge in [-0.05, 0) is 91.8 Å². The number of alkyl carbamates (subject to hydrolysis) is 2. The zero-order chi connectivity index (χ0) is 64.1. The van der Waals surface area contributed by atoms with Crippen LogP contribution in [0.1, 0.15) is 97.0 Å². The van der Waals surface area contributed by atoms with Gasteiger partial charge in [-0.2, -0.15) is 4.57 Å². The van der Waals surface area contributed by atoms with Crippen molar-refractivity contribution in [3.63, 3.8) is 0 Å². The van der Waals surface area contributed by atoms with E-state index < -0.39 is 12.2 Å². The van der Waals surface area contributed by atoms with Crippen molar-refractivity contribution in [2.24, 2.45) is 5.92 Å². The summed E-state index contributed by atoms with van der Waals surface area (Å²) in [6.45, 7) is 12.1. The number of benzene rings is 4. The van der Waals surface area contributed by atoms with E-state index in [-0.39, 0.29) is 106 Å². The summed E-state index contributed by atoms with van der Waals surface area (Å²) in [5.41, 5.74) is 5.13. The number of anilines is 1. The van der Waals surface area contributed by atoms with E-state index in [2.05, 4.69) is 94.3 Å². The number of aromatic nitrogens is 7. The van der Waals surface area contributed by atoms with Crippen LogP contribution in [0.2, 0.25) is 20.1 Å². The highest BCUT2D eigenvalue weighted by molar-refractivity contribution is 8.03. The molecule has 4 heterocycles. The summed E-state index contributed by atoms with van der Waals surface area (Å²) in [5.74, 6) is -0.979. The lowest BCUT2D eigenvalue weighted by atomic mass is 9.97. The molecule has 0 saturated heterocycles. The second-order valence-corrected chi connectivity index (χ2v) is 23.3. The zero-order valence-electron chi connectivity index (χ0n) is 49.9. The molecule has 90 heavy (non-hydrogen) atoms. The molecule has 0 fully saturated rings. The first-order valence-corrected chi connectivity index (χ1v) is 31.6. The summed E-state index contributed by atoms with van der Waals surface area (Å²) in [5, 5.41) is 29.9. The summed E-state index contributed by atoms with van der Waals surface area (Å²) in [4.78, 5) is 78.9. The lowest BCUT2D eigenvalue weighted by Crippen LogP contribution is -2.35. The fraction of sp³-hybridized carbons (Fsp3) is 0.349. The number of ketones is 2. The predicted octanol–water partition coefficient (Wildman–Crippen LogP) is 11.0. The van der Waals surface area contributed by atoms with E-state index in [9.17, 15) is 28.8 Å². The number of halogens is 4. The highest BCUT2D eigenvalue weighted by Crippen LogP contribution is 2.47. The Balaban J connectivity index is 0.708. The molecule has 0 spiro atoms. The van der Waals surface area contributed by atoms with E-state index in [4.69, 9.17) is 65.4 Å². The Labute approximate surface area is 544 Å². The van der Waals surface area contributed by atoms with E-state index in [0.717, 1.165) is 32.1 Å². The number of fused-ring (bicyclic) bond motifs is 2. The lowest BCUT2D eigenvalue weighted by Gasteiger charge is -2.20. The van der Waals surface area contributed by atoms with Crippen LogP contribution >= 0.6 is 58.2 Å². The van der Waals surface area contributed by atoms with Gasteiger partial charge in [-0.1, -0.05) is 120 Å². The Bertz CT molecular complexity index is 3770. The number of carbonyl (C=O) groups excluding carboxylic acids is 6. The van der Waals surface area contributed by atoms with E-state index in [1.54, 1.807) is 39.6 Å². The number of ether oxygens (including phenoxy) is 4. The van der Waals surface area contributed by atoms with Gasteiger partial charge in [0.2, 0.25) is 5.52 Å². The average Bonchev–Trinajstić information content (AvgIpc) is 1.60. The fourth-order valence-electron chi connectivity index (χ4n) is 9.21. The van der Waals surface area contributed by atoms with Crippen LogP contribution in [-0.2, 0) is 51.8 Å². The maximum atomic E-state index is 12.8. The molecule has 22 nitrogen and oxygen atoms in total. The summed E-state index contributed by atoms with van der Waals surface area (Å²) in [6, 6.07) is 24.5. The molecule has 0 radical (unpaired) electrons. The number of allylic oxidation sites excluding steroid dienone is 1. The van der Waals surface area contributed by atoms with Crippen molar-refractivity contribution < 1.29 is 52.3 Å². The van der Waals surface area contributed by atoms with Crippen LogP contribution in [0.4, 0.5) is 15.3 Å². The molecule has 1 aliphatic rings. The van der Waals surface area contributed by atoms with Gasteiger partial charge in [0.25, 0.3) is 11.8 Å². The number of nitrogens with zero attached hydrogens (tertiary/aromatic N) is 8. The van der Waals surface area contributed by atoms with Crippen LogP contribution in [0.3, 0.4) is 0 Å². The number of hydrogen-bond donors (Lipinski definition) is 4. The van der Waals surface area contributed by atoms with Gasteiger partial charge in [-0.15, -0.1) is 10.2 Å². The second kappa shape index (κ2) is 33.6. The van der Waals surface area contributed by atoms with E-state index in [1.165, 1.54) is 18.2 Å². The molecule has 7 aromatic rings. The van der Waals surface area contributed by atoms with Gasteiger partial charge >= 0.3 is 12.2 Å². The van der Waals surface area contributed by atoms with Crippen molar-refractivity contribution in [3.8, 4) is 11.5 Å². The van der Waals surface area contributed by atoms with Crippen LogP contribution in [0, 0.1) is 5.92 Å². The first-order chi connectivity index (χ1) is 43.5. The smallest absolute Gasteiger partial charge is 0.407 e. The minimum Gasteiger partial charge on any atom is -0.482 e. The van der Waals surface area contributed by atoms with E-state index in [0.29, 0.717) is 100 Å². The maximum absolute atomic E-state index is 12.8. The highest BCUT2D eigenvalue weighted by atomic mass is 35.5. The number of thioether (sulfide) groups is 1. The van der Waals surface area contributed by atoms with Gasteiger partial charge in [-0.3, -0.25) is 28.5 Å². The summed E-state index contributed by atoms with van der Waals surface area (Å²) in [7, 11) is 0. The second-order valence-electron chi connectivity index (χ2n) is 20.7. The Morgan fingerprint density at radius 1 is 0.667 bits per heavy atom. The summed E-state index contributed by atoms with van der Waals surface area (Å²) < 4.78 is 27.6. The zero-order valence-corrected chi connectivity index (χ0v) is 53.7. The predicted molar refractivity (Wildman–Crippen MR) is 344 cm³/mol. The molecule has 4 amide bonds. The topological polar surface area (TPSA) is 256 Å². The lowest BCUT2D eigenvalue weighted by molar-refractivity contribution is -0.672. The number of pyridine rings is 1. The molecule has 1 unspecified atom stereocenters. The third-order valence-electron chi connectivity index (χ3n) is 14.3. The van der Waals surface area contributed by atoms with Crippen LogP contribution in [0.5, 0.6) is 11.5 Å². The molecular formula is C63H69Cl4N12O10S+. The van der Waals surface area contributed by atoms with Crippen molar-refractivity contribution in [1.82, 2.24) is 51.3 Å². The third kappa shape index (κ3) is 18.7. The standard InChI is InChI=1S/C63H68Cl4N12O10S/c1-5-40(3)60(82)46-19-21-50(58(66)56(46)64)88-38-53(80)68-24-11-27-77-36-43(72-74-77)34-70-62(84)86-31-13-26-76-30-23-42(45-15-7-8-16-48(45)76)33-55-79(49-17-9-10-18-52(49)90-55)29-14-32-87-63(85)71-35-44-37-78(75-73-44)28-12-25-69-54(81)39-89-51-22-20-47(57(65)59(51)67)61(83)41(4)6-2/h7-10,15-23,30,33,36-37,40H,4-6,11-14,24-29,31-32,34-35,38-39H2,1-3H3,(H3-,68,69,70,71,80,81,84,85)/p+1. The van der Waals surface area contributed by atoms with Crippen molar-refractivity contribution in [2.75, 3.05) is 51.0 Å². The highest BCUT2D eigenvalue weighted by Gasteiger charge is 2.27. The molecule has 8 rings (SSSR count). The fourth-order valence-corrected chi connectivity index (χ4v) is 11.3. The molecule has 1 atom stereocenters. The van der Waals surface area contributed by atoms with Crippen molar-refractivity contribution >= 4 is 116 Å². The molecule has 27 heteroatoms. The number of hydrogen-bond acceptors (Lipinski definition) is 16. The summed E-state index contributed by atoms with van der Waals surface area (Å²) >= 11 is 27.0. The van der Waals surface area contributed by atoms with Crippen molar-refractivity contribution in [2.45, 2.75) is 96.9 Å². The Kier molecular flexibility index (Phi) is 25.2. The summed E-state index contributed by atoms with van der Waals surface area (Å²) in [6.07, 6.45) is 9.83. The number of para-hydroxylation sites is 2. The first kappa shape index (κ1) is 67.7. The molecule has 474 valence electrons. The van der Waals surface area contributed by atoms with Gasteiger partial charge < -0.3 is 45.1 Å². The quantitative estimate of drug-likeness (QED) is 0.0129. The Morgan fingerprint density at radius 3 is 1.84 bits per heavy atom. The average molecular weight is 1330 g/mol. The number of Topliss-reactive ketones (excluding diaryl/α,β-unsaturated/α-hetero) is 2. The minimum absolute atomic E-state index is 0.0341. The maximum Gasteiger partial charge on any atom is 0.407 e. The van der Waals surface area contributed by atoms with Crippen molar-refractivity contribution in [3.05, 3.63) is 163 Å². The normalized spacial score (nSPS) is 12.5. The van der Waals surface area contributed by atoms with Gasteiger partial charge in [0, 0.05) is 73.2 Å². The van der Waals surface area contributed by atoms with E-state index in [1.807, 2.05) is 51.2 Å². The number of aryl methyl sites for hydroxylation is 3. The van der Waals surface area contributed by atoms with Crippen LogP contribution in [0.15, 0.2) is 120 Å². The van der Waals surface area contributed by atoms with Gasteiger partial charge in [0.1, 0.15) is 32.9 Å². The number of nitrogens with one attached hydrogen (secondary N) is 4. The number of amides is 4. The number of rotatable bonds is 33. The van der Waals surface area contributed by atoms with Crippen molar-refractivity contribution in [1.29, 1.82) is 0 Å². The number of carbonyl (C=O) groups is 6. The van der Waals surface area contributed by atoms with Gasteiger partial charge in [0.05, 0.1) is 64.8 Å². The molecular weight excluding hydrogens is 1260 g/mol. The van der Waals surface area contributed by atoms with Gasteiger partial charge in [-0.25, -0.2) is 9.59 Å². The van der Waals surface area contributed by atoms with E-state index >= 15 is 0 Å². The molecule has 4 aromatic carbocycles. The van der Waals surface area contributed by atoms with Crippen LogP contribution in [0.25, 0.3) is 17.0 Å². The molecule has 3 aromatic heterocycles. The molecule has 1 aliphatic heterocycles. The van der Waals surface area contributed by atoms with Crippen LogP contribution < -0.4 is 40.2 Å². The first-order valence-electron chi connectivity index (χ1n) is 29.3. The Hall–Kier alpha value is -8.22. The third-order valence-corrected chi connectivity index (χ3v) is 17.2. The molecule has 0 saturated carbocycles. The largest absolute Gasteiger partial charge is 0.482 e. The monoisotopic (exact) mass is 1330 g/mol. The molecule has 0 bridgehead atoms. The SMILES string of the molecule is C=C(CC)C(=O)c1ccc(OCC(=O)NCCCn2cc(CNC(=O)OCCCN3C(=Cc4cc[n+](CCCOC(=O)NCc5cn(CCCNC(=O)COc6ccc(C(=O)C(C)CC)c(Cl)c6Cl)nn5)c5ccccc45)Sc4ccccc43)nn2)c(Cl)c1Cl. The molecule has 0 aliphatic carbocycles. The Morgan fingerprint density at radius 2 is 1.23 bits per heavy atom. The van der Waals surface area contributed by atoms with Gasteiger partial charge in [0.15, 0.2) is 37.5 Å². The van der Waals surface area contributed by atoms with Crippen LogP contribution in [-0.4, -0.2) is 112 Å². The molecule has 4 N–H and O–H groups in total.